The topological polar surface area (TPSA) is 32.6 Å². The lowest BCUT2D eigenvalue weighted by atomic mass is 10.1. The fraction of sp³-hybridized carbons (Fsp3) is 0.562. The molecule has 1 aromatic carbocycles. The molecule has 0 aromatic heterocycles. The molecule has 1 aromatic rings. The zero-order chi connectivity index (χ0) is 14.0. The van der Waals surface area contributed by atoms with Crippen LogP contribution < -0.4 is 0 Å². The van der Waals surface area contributed by atoms with Gasteiger partial charge in [-0.25, -0.2) is 0 Å². The molecule has 1 aliphatic carbocycles. The third kappa shape index (κ3) is 3.27. The molecule has 0 saturated heterocycles. The number of benzene rings is 1. The summed E-state index contributed by atoms with van der Waals surface area (Å²) in [4.78, 5) is 4.79. The predicted octanol–water partition coefficient (Wildman–Crippen LogP) is 4.38. The van der Waals surface area contributed by atoms with Crippen molar-refractivity contribution in [3.63, 3.8) is 0 Å². The zero-order valence-electron chi connectivity index (χ0n) is 12.5. The average Bonchev–Trinajstić information content (AvgIpc) is 2.79. The van der Waals surface area contributed by atoms with Gasteiger partial charge in [0.1, 0.15) is 5.75 Å². The molecule has 0 bridgehead atoms. The first kappa shape index (κ1) is 14.3. The summed E-state index contributed by atoms with van der Waals surface area (Å²) in [7, 11) is -1.13. The number of hydrogen-bond donors (Lipinski definition) is 1. The molecule has 0 aliphatic heterocycles. The predicted molar refractivity (Wildman–Crippen MR) is 85.2 cm³/mol. The molecule has 19 heavy (non-hydrogen) atoms. The molecule has 1 N–H and O–H groups in total. The maximum atomic E-state index is 10.0. The molecule has 0 radical (unpaired) electrons. The van der Waals surface area contributed by atoms with Gasteiger partial charge in [0.05, 0.1) is 6.04 Å². The maximum Gasteiger partial charge on any atom is 0.127 e. The van der Waals surface area contributed by atoms with Crippen LogP contribution in [0.15, 0.2) is 23.2 Å². The Morgan fingerprint density at radius 1 is 1.26 bits per heavy atom. The van der Waals surface area contributed by atoms with Crippen molar-refractivity contribution in [3.05, 3.63) is 29.3 Å². The molecule has 104 valence electrons. The normalized spacial score (nSPS) is 24.2. The third-order valence-electron chi connectivity index (χ3n) is 4.27. The number of rotatable bonds is 3. The van der Waals surface area contributed by atoms with Gasteiger partial charge in [-0.3, -0.25) is 4.99 Å². The fourth-order valence-electron chi connectivity index (χ4n) is 3.09. The Hall–Kier alpha value is -1.09. The van der Waals surface area contributed by atoms with Gasteiger partial charge < -0.3 is 5.11 Å². The number of nitrogens with zero attached hydrogens (tertiary/aromatic N) is 1. The van der Waals surface area contributed by atoms with Crippen LogP contribution in [0.2, 0.25) is 25.2 Å². The van der Waals surface area contributed by atoms with Crippen LogP contribution in [-0.4, -0.2) is 25.4 Å². The number of aromatic hydroxyl groups is 1. The van der Waals surface area contributed by atoms with E-state index in [0.717, 1.165) is 16.7 Å². The van der Waals surface area contributed by atoms with Crippen molar-refractivity contribution in [3.8, 4) is 5.75 Å². The second-order valence-corrected chi connectivity index (χ2v) is 12.2. The molecule has 0 spiro atoms. The van der Waals surface area contributed by atoms with Gasteiger partial charge in [-0.05, 0) is 30.5 Å². The smallest absolute Gasteiger partial charge is 0.127 e. The number of hydrogen-bond acceptors (Lipinski definition) is 2. The first-order valence-corrected chi connectivity index (χ1v) is 10.8. The van der Waals surface area contributed by atoms with Crippen molar-refractivity contribution in [2.45, 2.75) is 57.4 Å². The van der Waals surface area contributed by atoms with E-state index in [4.69, 9.17) is 4.99 Å². The van der Waals surface area contributed by atoms with Crippen LogP contribution in [0.25, 0.3) is 0 Å². The van der Waals surface area contributed by atoms with E-state index in [2.05, 4.69) is 19.6 Å². The fourth-order valence-corrected chi connectivity index (χ4v) is 5.57. The molecule has 1 fully saturated rings. The van der Waals surface area contributed by atoms with Gasteiger partial charge in [0.2, 0.25) is 0 Å². The number of aryl methyl sites for hydroxylation is 1. The Morgan fingerprint density at radius 3 is 2.68 bits per heavy atom. The van der Waals surface area contributed by atoms with Crippen molar-refractivity contribution in [1.29, 1.82) is 0 Å². The number of para-hydroxylation sites is 1. The monoisotopic (exact) mass is 275 g/mol. The highest BCUT2D eigenvalue weighted by Crippen LogP contribution is 2.40. The van der Waals surface area contributed by atoms with Crippen LogP contribution in [-0.2, 0) is 0 Å². The summed E-state index contributed by atoms with van der Waals surface area (Å²) in [6.45, 7) is 9.24. The van der Waals surface area contributed by atoms with Gasteiger partial charge in [0, 0.05) is 19.9 Å². The Bertz CT molecular complexity index is 476. The van der Waals surface area contributed by atoms with E-state index in [9.17, 15) is 5.11 Å². The lowest BCUT2D eigenvalue weighted by Crippen LogP contribution is -2.32. The molecule has 2 atom stereocenters. The van der Waals surface area contributed by atoms with Crippen molar-refractivity contribution >= 4 is 14.3 Å². The average molecular weight is 275 g/mol. The maximum absolute atomic E-state index is 10.0. The van der Waals surface area contributed by atoms with Gasteiger partial charge in [-0.1, -0.05) is 44.6 Å². The number of phenols is 1. The van der Waals surface area contributed by atoms with Crippen molar-refractivity contribution < 1.29 is 5.11 Å². The number of aliphatic imine (C=N–C) groups is 1. The SMILES string of the molecule is Cc1cccc(C=NC2CCCC2[Si](C)(C)C)c1O. The van der Waals surface area contributed by atoms with E-state index in [1.165, 1.54) is 19.3 Å². The Morgan fingerprint density at radius 2 is 2.00 bits per heavy atom. The summed E-state index contributed by atoms with van der Waals surface area (Å²) in [5.41, 5.74) is 2.55. The van der Waals surface area contributed by atoms with Crippen LogP contribution in [0.1, 0.15) is 30.4 Å². The van der Waals surface area contributed by atoms with Crippen LogP contribution in [0.4, 0.5) is 0 Å². The van der Waals surface area contributed by atoms with Crippen molar-refractivity contribution in [2.75, 3.05) is 0 Å². The van der Waals surface area contributed by atoms with Crippen molar-refractivity contribution in [2.24, 2.45) is 4.99 Å². The lowest BCUT2D eigenvalue weighted by molar-refractivity contribution is 0.470. The van der Waals surface area contributed by atoms with E-state index in [1.807, 2.05) is 31.3 Å². The molecule has 3 heteroatoms. The van der Waals surface area contributed by atoms with Gasteiger partial charge in [-0.15, -0.1) is 0 Å². The van der Waals surface area contributed by atoms with E-state index >= 15 is 0 Å². The highest BCUT2D eigenvalue weighted by atomic mass is 28.3. The van der Waals surface area contributed by atoms with Crippen LogP contribution in [0.5, 0.6) is 5.75 Å². The summed E-state index contributed by atoms with van der Waals surface area (Å²) in [6, 6.07) is 6.30. The van der Waals surface area contributed by atoms with Crippen molar-refractivity contribution in [1.82, 2.24) is 0 Å². The molecule has 1 aliphatic rings. The highest BCUT2D eigenvalue weighted by molar-refractivity contribution is 6.77. The molecule has 2 nitrogen and oxygen atoms in total. The van der Waals surface area contributed by atoms with E-state index in [0.29, 0.717) is 11.8 Å². The third-order valence-corrected chi connectivity index (χ3v) is 7.16. The van der Waals surface area contributed by atoms with Gasteiger partial charge >= 0.3 is 0 Å². The van der Waals surface area contributed by atoms with Gasteiger partial charge in [-0.2, -0.15) is 0 Å². The quantitative estimate of drug-likeness (QED) is 0.644. The highest BCUT2D eigenvalue weighted by Gasteiger charge is 2.36. The minimum Gasteiger partial charge on any atom is -0.507 e. The number of phenolic OH excluding ortho intramolecular Hbond substituents is 1. The molecular formula is C16H25NOSi. The standard InChI is InChI=1S/C16H25NOSi/c1-12-7-5-8-13(16(12)18)11-17-14-9-6-10-15(14)19(2,3)4/h5,7-8,11,14-15,18H,6,9-10H2,1-4H3. The Labute approximate surface area is 117 Å². The summed E-state index contributed by atoms with van der Waals surface area (Å²) >= 11 is 0. The van der Waals surface area contributed by atoms with E-state index in [1.54, 1.807) is 0 Å². The molecule has 0 heterocycles. The summed E-state index contributed by atoms with van der Waals surface area (Å²) in [5, 5.41) is 10.0. The summed E-state index contributed by atoms with van der Waals surface area (Å²) in [6.07, 6.45) is 5.72. The molecule has 0 amide bonds. The zero-order valence-corrected chi connectivity index (χ0v) is 13.5. The minimum atomic E-state index is -1.13. The summed E-state index contributed by atoms with van der Waals surface area (Å²) in [5.74, 6) is 0.369. The van der Waals surface area contributed by atoms with Gasteiger partial charge in [0.25, 0.3) is 0 Å². The minimum absolute atomic E-state index is 0.369. The van der Waals surface area contributed by atoms with Crippen LogP contribution in [0, 0.1) is 6.92 Å². The Balaban J connectivity index is 2.16. The van der Waals surface area contributed by atoms with E-state index in [-0.39, 0.29) is 0 Å². The first-order chi connectivity index (χ1) is 8.89. The molecule has 2 unspecified atom stereocenters. The second kappa shape index (κ2) is 5.49. The van der Waals surface area contributed by atoms with E-state index < -0.39 is 8.07 Å². The molecule has 1 saturated carbocycles. The van der Waals surface area contributed by atoms with Gasteiger partial charge in [0.15, 0.2) is 0 Å². The lowest BCUT2D eigenvalue weighted by Gasteiger charge is -2.28. The first-order valence-electron chi connectivity index (χ1n) is 7.21. The Kier molecular flexibility index (Phi) is 4.14. The molecule has 2 rings (SSSR count). The summed E-state index contributed by atoms with van der Waals surface area (Å²) < 4.78 is 0. The largest absolute Gasteiger partial charge is 0.507 e. The molecular weight excluding hydrogens is 250 g/mol. The second-order valence-electron chi connectivity index (χ2n) is 6.76. The van der Waals surface area contributed by atoms with Crippen LogP contribution >= 0.6 is 0 Å². The van der Waals surface area contributed by atoms with Crippen LogP contribution in [0.3, 0.4) is 0 Å².